The highest BCUT2D eigenvalue weighted by molar-refractivity contribution is 5.99. The molecule has 0 saturated heterocycles. The van der Waals surface area contributed by atoms with Crippen LogP contribution in [0.15, 0.2) is 42.5 Å². The average molecular weight is 398 g/mol. The number of Topliss-reactive ketones (excluding diaryl/α,β-unsaturated/α-hetero) is 1. The van der Waals surface area contributed by atoms with Crippen molar-refractivity contribution in [3.05, 3.63) is 53.6 Å². The summed E-state index contributed by atoms with van der Waals surface area (Å²) in [4.78, 5) is 24.4. The average Bonchev–Trinajstić information content (AvgIpc) is 3.00. The van der Waals surface area contributed by atoms with Gasteiger partial charge in [-0.3, -0.25) is 4.79 Å². The lowest BCUT2D eigenvalue weighted by molar-refractivity contribution is -0.136. The molecule has 0 radical (unpaired) electrons. The molecular formula is C22H22O7. The van der Waals surface area contributed by atoms with Crippen molar-refractivity contribution in [2.75, 3.05) is 34.0 Å². The van der Waals surface area contributed by atoms with Gasteiger partial charge in [0.1, 0.15) is 0 Å². The molecule has 152 valence electrons. The van der Waals surface area contributed by atoms with Crippen molar-refractivity contribution in [3.63, 3.8) is 0 Å². The number of esters is 1. The molecule has 0 atom stereocenters. The first kappa shape index (κ1) is 20.3. The molecule has 3 rings (SSSR count). The van der Waals surface area contributed by atoms with E-state index in [1.165, 1.54) is 20.3 Å². The fraction of sp³-hybridized carbons (Fsp3) is 0.273. The predicted molar refractivity (Wildman–Crippen MR) is 106 cm³/mol. The van der Waals surface area contributed by atoms with E-state index in [4.69, 9.17) is 23.7 Å². The largest absolute Gasteiger partial charge is 0.493 e. The Bertz CT molecular complexity index is 917. The van der Waals surface area contributed by atoms with Crippen molar-refractivity contribution in [2.45, 2.75) is 6.42 Å². The van der Waals surface area contributed by atoms with Crippen LogP contribution in [0.25, 0.3) is 6.08 Å². The van der Waals surface area contributed by atoms with Gasteiger partial charge in [0.05, 0.1) is 27.4 Å². The molecule has 29 heavy (non-hydrogen) atoms. The number of methoxy groups -OCH3 is 2. The van der Waals surface area contributed by atoms with Gasteiger partial charge < -0.3 is 23.7 Å². The van der Waals surface area contributed by atoms with Crippen LogP contribution in [0.1, 0.15) is 22.3 Å². The molecule has 0 aliphatic carbocycles. The summed E-state index contributed by atoms with van der Waals surface area (Å²) >= 11 is 0. The third kappa shape index (κ3) is 5.07. The highest BCUT2D eigenvalue weighted by Crippen LogP contribution is 2.32. The number of ether oxygens (including phenoxy) is 5. The van der Waals surface area contributed by atoms with Gasteiger partial charge >= 0.3 is 5.97 Å². The van der Waals surface area contributed by atoms with E-state index in [-0.39, 0.29) is 12.4 Å². The summed E-state index contributed by atoms with van der Waals surface area (Å²) in [6, 6.07) is 10.2. The molecule has 0 spiro atoms. The molecule has 0 fully saturated rings. The Kier molecular flexibility index (Phi) is 6.73. The highest BCUT2D eigenvalue weighted by Gasteiger charge is 2.15. The van der Waals surface area contributed by atoms with Crippen LogP contribution in [0.3, 0.4) is 0 Å². The van der Waals surface area contributed by atoms with Gasteiger partial charge in [0.2, 0.25) is 0 Å². The lowest BCUT2D eigenvalue weighted by atomic mass is 10.1. The lowest BCUT2D eigenvalue weighted by Crippen LogP contribution is -2.12. The number of ketones is 1. The number of hydrogen-bond acceptors (Lipinski definition) is 7. The molecular weight excluding hydrogens is 376 g/mol. The van der Waals surface area contributed by atoms with E-state index >= 15 is 0 Å². The third-order valence-corrected chi connectivity index (χ3v) is 4.25. The zero-order chi connectivity index (χ0) is 20.6. The fourth-order valence-corrected chi connectivity index (χ4v) is 2.81. The van der Waals surface area contributed by atoms with Crippen molar-refractivity contribution >= 4 is 17.8 Å². The minimum Gasteiger partial charge on any atom is -0.493 e. The second-order valence-corrected chi connectivity index (χ2v) is 6.16. The second kappa shape index (κ2) is 9.64. The molecule has 0 bridgehead atoms. The van der Waals surface area contributed by atoms with E-state index in [0.717, 1.165) is 6.42 Å². The summed E-state index contributed by atoms with van der Waals surface area (Å²) in [6.07, 6.45) is 3.56. The topological polar surface area (TPSA) is 80.3 Å². The first-order chi connectivity index (χ1) is 14.1. The van der Waals surface area contributed by atoms with Gasteiger partial charge in [-0.15, -0.1) is 0 Å². The molecule has 1 aliphatic rings. The second-order valence-electron chi connectivity index (χ2n) is 6.16. The maximum atomic E-state index is 12.3. The Morgan fingerprint density at radius 2 is 1.83 bits per heavy atom. The van der Waals surface area contributed by atoms with Crippen LogP contribution >= 0.6 is 0 Å². The summed E-state index contributed by atoms with van der Waals surface area (Å²) in [5, 5.41) is 0. The van der Waals surface area contributed by atoms with Crippen molar-refractivity contribution in [2.24, 2.45) is 0 Å². The minimum atomic E-state index is -0.641. The van der Waals surface area contributed by atoms with Crippen molar-refractivity contribution in [1.29, 1.82) is 0 Å². The van der Waals surface area contributed by atoms with Crippen LogP contribution in [0.2, 0.25) is 0 Å². The van der Waals surface area contributed by atoms with Gasteiger partial charge in [-0.25, -0.2) is 4.79 Å². The molecule has 2 aromatic rings. The smallest absolute Gasteiger partial charge is 0.331 e. The molecule has 0 saturated carbocycles. The summed E-state index contributed by atoms with van der Waals surface area (Å²) in [7, 11) is 3.05. The molecule has 1 aliphatic heterocycles. The van der Waals surface area contributed by atoms with Crippen molar-refractivity contribution < 1.29 is 33.3 Å². The maximum Gasteiger partial charge on any atom is 0.331 e. The van der Waals surface area contributed by atoms with Crippen LogP contribution in [0.4, 0.5) is 0 Å². The SMILES string of the molecule is COc1cccc(/C=C/C(=O)OCC(=O)c2ccc3c(c2)OCCCO3)c1OC. The first-order valence-corrected chi connectivity index (χ1v) is 9.11. The van der Waals surface area contributed by atoms with Crippen molar-refractivity contribution in [1.82, 2.24) is 0 Å². The zero-order valence-electron chi connectivity index (χ0n) is 16.3. The summed E-state index contributed by atoms with van der Waals surface area (Å²) < 4.78 is 26.7. The van der Waals surface area contributed by atoms with Gasteiger partial charge in [-0.05, 0) is 30.3 Å². The molecule has 0 unspecified atom stereocenters. The van der Waals surface area contributed by atoms with Crippen LogP contribution < -0.4 is 18.9 Å². The monoisotopic (exact) mass is 398 g/mol. The summed E-state index contributed by atoms with van der Waals surface area (Å²) in [5.41, 5.74) is 1.04. The maximum absolute atomic E-state index is 12.3. The van der Waals surface area contributed by atoms with E-state index in [1.807, 2.05) is 0 Å². The normalized spacial score (nSPS) is 12.9. The van der Waals surface area contributed by atoms with Crippen molar-refractivity contribution in [3.8, 4) is 23.0 Å². The van der Waals surface area contributed by atoms with Gasteiger partial charge in [0, 0.05) is 23.6 Å². The number of carbonyl (C=O) groups is 2. The lowest BCUT2D eigenvalue weighted by Gasteiger charge is -2.10. The van der Waals surface area contributed by atoms with Gasteiger partial charge in [-0.1, -0.05) is 12.1 Å². The van der Waals surface area contributed by atoms with E-state index in [9.17, 15) is 9.59 Å². The summed E-state index contributed by atoms with van der Waals surface area (Å²) in [5.74, 6) is 1.20. The Balaban J connectivity index is 1.60. The Morgan fingerprint density at radius 1 is 1.03 bits per heavy atom. The third-order valence-electron chi connectivity index (χ3n) is 4.25. The molecule has 0 aromatic heterocycles. The molecule has 0 amide bonds. The molecule has 7 nitrogen and oxygen atoms in total. The van der Waals surface area contributed by atoms with Gasteiger partial charge in [-0.2, -0.15) is 0 Å². The van der Waals surface area contributed by atoms with E-state index < -0.39 is 5.97 Å². The number of rotatable bonds is 7. The Hall–Kier alpha value is -3.48. The highest BCUT2D eigenvalue weighted by atomic mass is 16.5. The quantitative estimate of drug-likeness (QED) is 0.402. The summed E-state index contributed by atoms with van der Waals surface area (Å²) in [6.45, 7) is 0.721. The first-order valence-electron chi connectivity index (χ1n) is 9.11. The minimum absolute atomic E-state index is 0.332. The van der Waals surface area contributed by atoms with Gasteiger partial charge in [0.25, 0.3) is 0 Å². The van der Waals surface area contributed by atoms with Crippen LogP contribution in [-0.4, -0.2) is 45.8 Å². The number of benzene rings is 2. The predicted octanol–water partition coefficient (Wildman–Crippen LogP) is 3.30. The van der Waals surface area contributed by atoms with Gasteiger partial charge in [0.15, 0.2) is 35.4 Å². The van der Waals surface area contributed by atoms with E-state index in [1.54, 1.807) is 42.5 Å². The number of para-hydroxylation sites is 1. The van der Waals surface area contributed by atoms with Crippen LogP contribution in [0, 0.1) is 0 Å². The Morgan fingerprint density at radius 3 is 2.59 bits per heavy atom. The molecule has 2 aromatic carbocycles. The number of fused-ring (bicyclic) bond motifs is 1. The van der Waals surface area contributed by atoms with Crippen LogP contribution in [-0.2, 0) is 9.53 Å². The standard InChI is InChI=1S/C22H22O7/c1-25-19-6-3-5-15(22(19)26-2)8-10-21(24)29-14-17(23)16-7-9-18-20(13-16)28-12-4-11-27-18/h3,5-10,13H,4,11-12,14H2,1-2H3/b10-8+. The molecule has 1 heterocycles. The fourth-order valence-electron chi connectivity index (χ4n) is 2.81. The Labute approximate surface area is 168 Å². The molecule has 0 N–H and O–H groups in total. The van der Waals surface area contributed by atoms with E-state index in [2.05, 4.69) is 0 Å². The van der Waals surface area contributed by atoms with E-state index in [0.29, 0.717) is 47.3 Å². The van der Waals surface area contributed by atoms with Crippen LogP contribution in [0.5, 0.6) is 23.0 Å². The molecule has 7 heteroatoms. The number of carbonyl (C=O) groups excluding carboxylic acids is 2. The number of hydrogen-bond donors (Lipinski definition) is 0. The zero-order valence-corrected chi connectivity index (χ0v) is 16.3.